The molecule has 24 heavy (non-hydrogen) atoms. The van der Waals surface area contributed by atoms with Gasteiger partial charge in [-0.25, -0.2) is 0 Å². The maximum atomic E-state index is 12.1. The average Bonchev–Trinajstić information content (AvgIpc) is 3.14. The van der Waals surface area contributed by atoms with E-state index in [2.05, 4.69) is 16.7 Å². The van der Waals surface area contributed by atoms with E-state index in [0.29, 0.717) is 24.9 Å². The van der Waals surface area contributed by atoms with Crippen molar-refractivity contribution in [1.29, 1.82) is 0 Å². The van der Waals surface area contributed by atoms with Gasteiger partial charge in [0.1, 0.15) is 0 Å². The minimum Gasteiger partial charge on any atom is -0.352 e. The fraction of sp³-hybridized carbons (Fsp3) is 0.368. The molecule has 0 spiro atoms. The molecule has 0 aliphatic heterocycles. The molecular weight excluding hydrogens is 320 g/mol. The zero-order chi connectivity index (χ0) is 16.8. The van der Waals surface area contributed by atoms with Gasteiger partial charge in [-0.05, 0) is 60.7 Å². The standard InChI is InChI=1S/C19H22N2O2S/c22-18(9-4-11-20-19(23)15-10-12-24-13-15)21-17-8-3-6-14-5-1-2-7-16(14)17/h3,6,8,10,12-13H,1-2,4-5,7,9,11H2,(H,20,23)(H,21,22). The second-order valence-electron chi connectivity index (χ2n) is 6.07. The molecule has 1 aliphatic rings. The largest absolute Gasteiger partial charge is 0.352 e. The molecule has 0 radical (unpaired) electrons. The Morgan fingerprint density at radius 3 is 2.83 bits per heavy atom. The van der Waals surface area contributed by atoms with Gasteiger partial charge in [-0.15, -0.1) is 0 Å². The molecule has 126 valence electrons. The van der Waals surface area contributed by atoms with Crippen molar-refractivity contribution in [1.82, 2.24) is 5.32 Å². The molecule has 1 aliphatic carbocycles. The highest BCUT2D eigenvalue weighted by molar-refractivity contribution is 7.08. The van der Waals surface area contributed by atoms with E-state index in [0.717, 1.165) is 18.5 Å². The van der Waals surface area contributed by atoms with Crippen molar-refractivity contribution < 1.29 is 9.59 Å². The minimum absolute atomic E-state index is 0.0127. The highest BCUT2D eigenvalue weighted by atomic mass is 32.1. The highest BCUT2D eigenvalue weighted by Gasteiger charge is 2.14. The number of hydrogen-bond acceptors (Lipinski definition) is 3. The molecule has 0 saturated heterocycles. The number of benzene rings is 1. The molecule has 0 atom stereocenters. The van der Waals surface area contributed by atoms with Crippen LogP contribution in [-0.2, 0) is 17.6 Å². The number of thiophene rings is 1. The first kappa shape index (κ1) is 16.7. The lowest BCUT2D eigenvalue weighted by Crippen LogP contribution is -2.25. The van der Waals surface area contributed by atoms with Crippen LogP contribution in [-0.4, -0.2) is 18.4 Å². The zero-order valence-electron chi connectivity index (χ0n) is 13.6. The average molecular weight is 342 g/mol. The Kier molecular flexibility index (Phi) is 5.64. The van der Waals surface area contributed by atoms with Gasteiger partial charge in [-0.3, -0.25) is 9.59 Å². The van der Waals surface area contributed by atoms with Gasteiger partial charge >= 0.3 is 0 Å². The topological polar surface area (TPSA) is 58.2 Å². The maximum absolute atomic E-state index is 12.1. The molecule has 0 fully saturated rings. The van der Waals surface area contributed by atoms with Gasteiger partial charge in [-0.1, -0.05) is 12.1 Å². The van der Waals surface area contributed by atoms with Crippen LogP contribution in [0, 0.1) is 0 Å². The molecule has 4 nitrogen and oxygen atoms in total. The van der Waals surface area contributed by atoms with Crippen LogP contribution in [0.4, 0.5) is 5.69 Å². The Bertz CT molecular complexity index is 710. The number of fused-ring (bicyclic) bond motifs is 1. The highest BCUT2D eigenvalue weighted by Crippen LogP contribution is 2.27. The predicted octanol–water partition coefficient (Wildman–Crippen LogP) is 3.78. The predicted molar refractivity (Wildman–Crippen MR) is 97.6 cm³/mol. The minimum atomic E-state index is -0.0752. The monoisotopic (exact) mass is 342 g/mol. The van der Waals surface area contributed by atoms with Gasteiger partial charge < -0.3 is 10.6 Å². The van der Waals surface area contributed by atoms with Crippen molar-refractivity contribution in [3.05, 3.63) is 51.7 Å². The van der Waals surface area contributed by atoms with E-state index in [1.165, 1.54) is 35.3 Å². The van der Waals surface area contributed by atoms with Gasteiger partial charge in [0.15, 0.2) is 0 Å². The zero-order valence-corrected chi connectivity index (χ0v) is 14.5. The smallest absolute Gasteiger partial charge is 0.252 e. The number of aryl methyl sites for hydroxylation is 1. The first-order valence-corrected chi connectivity index (χ1v) is 9.39. The number of rotatable bonds is 6. The Morgan fingerprint density at radius 2 is 2.00 bits per heavy atom. The Morgan fingerprint density at radius 1 is 1.12 bits per heavy atom. The summed E-state index contributed by atoms with van der Waals surface area (Å²) in [5.41, 5.74) is 4.30. The number of nitrogens with one attached hydrogen (secondary N) is 2. The second kappa shape index (κ2) is 8.11. The van der Waals surface area contributed by atoms with E-state index >= 15 is 0 Å². The SMILES string of the molecule is O=C(CCCNC(=O)c1ccsc1)Nc1cccc2c1CCCC2. The van der Waals surface area contributed by atoms with E-state index in [4.69, 9.17) is 0 Å². The summed E-state index contributed by atoms with van der Waals surface area (Å²) in [7, 11) is 0. The summed E-state index contributed by atoms with van der Waals surface area (Å²) < 4.78 is 0. The van der Waals surface area contributed by atoms with Crippen molar-refractivity contribution in [2.24, 2.45) is 0 Å². The molecule has 0 bridgehead atoms. The van der Waals surface area contributed by atoms with Crippen molar-refractivity contribution in [2.75, 3.05) is 11.9 Å². The van der Waals surface area contributed by atoms with Crippen molar-refractivity contribution >= 4 is 28.8 Å². The van der Waals surface area contributed by atoms with E-state index in [1.54, 1.807) is 6.07 Å². The Balaban J connectivity index is 1.44. The summed E-state index contributed by atoms with van der Waals surface area (Å²) >= 11 is 1.50. The molecule has 1 aromatic heterocycles. The molecule has 3 rings (SSSR count). The third-order valence-electron chi connectivity index (χ3n) is 4.32. The lowest BCUT2D eigenvalue weighted by molar-refractivity contribution is -0.116. The van der Waals surface area contributed by atoms with Crippen LogP contribution in [0.2, 0.25) is 0 Å². The van der Waals surface area contributed by atoms with Crippen LogP contribution in [0.1, 0.15) is 47.2 Å². The van der Waals surface area contributed by atoms with E-state index in [-0.39, 0.29) is 11.8 Å². The third-order valence-corrected chi connectivity index (χ3v) is 5.00. The van der Waals surface area contributed by atoms with Gasteiger partial charge in [0.05, 0.1) is 0 Å². The van der Waals surface area contributed by atoms with Crippen molar-refractivity contribution in [2.45, 2.75) is 38.5 Å². The normalized spacial score (nSPS) is 13.2. The van der Waals surface area contributed by atoms with E-state index in [1.807, 2.05) is 22.9 Å². The lowest BCUT2D eigenvalue weighted by atomic mass is 9.90. The Hall–Kier alpha value is -2.14. The fourth-order valence-electron chi connectivity index (χ4n) is 3.06. The van der Waals surface area contributed by atoms with Gasteiger partial charge in [0, 0.05) is 29.6 Å². The van der Waals surface area contributed by atoms with Gasteiger partial charge in [0.25, 0.3) is 5.91 Å². The molecule has 2 amide bonds. The molecule has 5 heteroatoms. The van der Waals surface area contributed by atoms with Crippen LogP contribution >= 0.6 is 11.3 Å². The quantitative estimate of drug-likeness (QED) is 0.785. The molecule has 0 unspecified atom stereocenters. The molecule has 1 aromatic carbocycles. The number of anilines is 1. The summed E-state index contributed by atoms with van der Waals surface area (Å²) in [4.78, 5) is 23.9. The van der Waals surface area contributed by atoms with Crippen LogP contribution in [0.5, 0.6) is 0 Å². The third kappa shape index (κ3) is 4.23. The number of carbonyl (C=O) groups excluding carboxylic acids is 2. The summed E-state index contributed by atoms with van der Waals surface area (Å²) in [6, 6.07) is 7.95. The second-order valence-corrected chi connectivity index (χ2v) is 6.85. The molecule has 1 heterocycles. The number of amides is 2. The van der Waals surface area contributed by atoms with Gasteiger partial charge in [0.2, 0.25) is 5.91 Å². The molecule has 2 aromatic rings. The van der Waals surface area contributed by atoms with E-state index < -0.39 is 0 Å². The number of carbonyl (C=O) groups is 2. The first-order chi connectivity index (χ1) is 11.7. The summed E-state index contributed by atoms with van der Waals surface area (Å²) in [5, 5.41) is 9.58. The van der Waals surface area contributed by atoms with Crippen LogP contribution in [0.3, 0.4) is 0 Å². The van der Waals surface area contributed by atoms with Crippen LogP contribution < -0.4 is 10.6 Å². The van der Waals surface area contributed by atoms with Crippen molar-refractivity contribution in [3.63, 3.8) is 0 Å². The van der Waals surface area contributed by atoms with Crippen LogP contribution in [0.15, 0.2) is 35.0 Å². The molecule has 0 saturated carbocycles. The van der Waals surface area contributed by atoms with Crippen molar-refractivity contribution in [3.8, 4) is 0 Å². The molecular formula is C19H22N2O2S. The van der Waals surface area contributed by atoms with Crippen LogP contribution in [0.25, 0.3) is 0 Å². The van der Waals surface area contributed by atoms with Gasteiger partial charge in [-0.2, -0.15) is 11.3 Å². The molecule has 2 N–H and O–H groups in total. The Labute approximate surface area is 146 Å². The number of hydrogen-bond donors (Lipinski definition) is 2. The summed E-state index contributed by atoms with van der Waals surface area (Å²) in [5.74, 6) is -0.0625. The summed E-state index contributed by atoms with van der Waals surface area (Å²) in [6.45, 7) is 0.509. The lowest BCUT2D eigenvalue weighted by Gasteiger charge is -2.19. The fourth-order valence-corrected chi connectivity index (χ4v) is 3.69. The van der Waals surface area contributed by atoms with E-state index in [9.17, 15) is 9.59 Å². The summed E-state index contributed by atoms with van der Waals surface area (Å²) in [6.07, 6.45) is 5.61. The maximum Gasteiger partial charge on any atom is 0.252 e. The first-order valence-electron chi connectivity index (χ1n) is 8.45.